The van der Waals surface area contributed by atoms with E-state index in [4.69, 9.17) is 14.2 Å². The number of esters is 1. The molecule has 3 fully saturated rings. The molecule has 5 heterocycles. The Bertz CT molecular complexity index is 1180. The van der Waals surface area contributed by atoms with E-state index in [1.165, 1.54) is 4.90 Å². The van der Waals surface area contributed by atoms with Gasteiger partial charge in [-0.15, -0.1) is 0 Å². The van der Waals surface area contributed by atoms with Gasteiger partial charge in [-0.3, -0.25) is 19.3 Å². The van der Waals surface area contributed by atoms with Crippen molar-refractivity contribution in [3.8, 4) is 0 Å². The number of morpholine rings is 1. The zero-order valence-corrected chi connectivity index (χ0v) is 23.3. The van der Waals surface area contributed by atoms with Gasteiger partial charge in [0.1, 0.15) is 17.6 Å². The summed E-state index contributed by atoms with van der Waals surface area (Å²) in [7, 11) is 0. The molecule has 5 aliphatic heterocycles. The number of likely N-dealkylation sites (tertiary alicyclic amines) is 1. The van der Waals surface area contributed by atoms with Gasteiger partial charge in [-0.2, -0.15) is 0 Å². The second-order valence-corrected chi connectivity index (χ2v) is 11.5. The number of hydrogen-bond acceptors (Lipinski definition) is 8. The molecule has 0 radical (unpaired) electrons. The molecule has 1 N–H and O–H groups in total. The predicted octanol–water partition coefficient (Wildman–Crippen LogP) is 0.795. The van der Waals surface area contributed by atoms with Gasteiger partial charge in [0, 0.05) is 32.7 Å². The Morgan fingerprint density at radius 3 is 2.59 bits per heavy atom. The van der Waals surface area contributed by atoms with Crippen LogP contribution < -0.4 is 0 Å². The Morgan fingerprint density at radius 2 is 1.80 bits per heavy atom. The number of allylic oxidation sites excluding steroid dienone is 1. The van der Waals surface area contributed by atoms with Crippen molar-refractivity contribution >= 4 is 17.8 Å². The molecule has 0 bridgehead atoms. The number of fused-ring (bicyclic) bond motifs is 2. The largest absolute Gasteiger partial charge is 0.465 e. The number of amides is 2. The highest BCUT2D eigenvalue weighted by atomic mass is 16.6. The number of hydrogen-bond donors (Lipinski definition) is 1. The molecule has 220 valence electrons. The SMILES string of the molecule is O=C1OCCC/C=C\[C@H]2O[C@]34C=CCN(CCN5CCOCC5)C(=O)C3N([C@@H](CO)Cc3ccccc3)C(=O)[C@@H]4[C@@H]12. The highest BCUT2D eigenvalue weighted by Crippen LogP contribution is 2.53. The average Bonchev–Trinajstić information content (AvgIpc) is 3.41. The van der Waals surface area contributed by atoms with Crippen LogP contribution in [0, 0.1) is 11.8 Å². The lowest BCUT2D eigenvalue weighted by molar-refractivity contribution is -0.156. The van der Waals surface area contributed by atoms with Crippen LogP contribution in [0.5, 0.6) is 0 Å². The third kappa shape index (κ3) is 5.22. The molecule has 41 heavy (non-hydrogen) atoms. The molecular weight excluding hydrogens is 526 g/mol. The summed E-state index contributed by atoms with van der Waals surface area (Å²) < 4.78 is 17.8. The van der Waals surface area contributed by atoms with E-state index in [1.54, 1.807) is 4.90 Å². The lowest BCUT2D eigenvalue weighted by Gasteiger charge is -2.39. The highest BCUT2D eigenvalue weighted by molar-refractivity contribution is 5.99. The van der Waals surface area contributed by atoms with Crippen LogP contribution in [-0.4, -0.2) is 121 Å². The lowest BCUT2D eigenvalue weighted by Crippen LogP contribution is -2.59. The molecule has 5 aliphatic rings. The fourth-order valence-corrected chi connectivity index (χ4v) is 7.06. The summed E-state index contributed by atoms with van der Waals surface area (Å²) in [6.45, 7) is 4.44. The van der Waals surface area contributed by atoms with Crippen LogP contribution in [0.25, 0.3) is 0 Å². The Morgan fingerprint density at radius 1 is 1.00 bits per heavy atom. The van der Waals surface area contributed by atoms with Gasteiger partial charge in [0.2, 0.25) is 11.8 Å². The number of ether oxygens (including phenoxy) is 3. The summed E-state index contributed by atoms with van der Waals surface area (Å²) in [5.74, 6) is -2.87. The summed E-state index contributed by atoms with van der Waals surface area (Å²) in [5.41, 5.74) is -0.404. The maximum absolute atomic E-state index is 14.5. The van der Waals surface area contributed by atoms with Crippen LogP contribution in [-0.2, 0) is 35.0 Å². The van der Waals surface area contributed by atoms with Gasteiger partial charge in [0.15, 0.2) is 0 Å². The number of aliphatic hydroxyl groups excluding tert-OH is 1. The molecule has 10 heteroatoms. The van der Waals surface area contributed by atoms with Crippen LogP contribution in [0.2, 0.25) is 0 Å². The third-order valence-corrected chi connectivity index (χ3v) is 9.08. The molecule has 6 atom stereocenters. The Labute approximate surface area is 240 Å². The summed E-state index contributed by atoms with van der Waals surface area (Å²) in [6.07, 6.45) is 8.67. The van der Waals surface area contributed by atoms with E-state index in [0.29, 0.717) is 45.7 Å². The Hall–Kier alpha value is -3.05. The van der Waals surface area contributed by atoms with Crippen molar-refractivity contribution in [2.45, 2.75) is 43.1 Å². The summed E-state index contributed by atoms with van der Waals surface area (Å²) in [4.78, 5) is 47.9. The second-order valence-electron chi connectivity index (χ2n) is 11.5. The average molecular weight is 566 g/mol. The van der Waals surface area contributed by atoms with Crippen LogP contribution in [0.1, 0.15) is 18.4 Å². The molecular formula is C31H39N3O7. The van der Waals surface area contributed by atoms with Crippen molar-refractivity contribution in [3.63, 3.8) is 0 Å². The molecule has 1 aromatic carbocycles. The van der Waals surface area contributed by atoms with Crippen molar-refractivity contribution in [1.29, 1.82) is 0 Å². The van der Waals surface area contributed by atoms with Crippen molar-refractivity contribution in [3.05, 3.63) is 60.2 Å². The van der Waals surface area contributed by atoms with Crippen molar-refractivity contribution in [2.24, 2.45) is 11.8 Å². The first-order valence-corrected chi connectivity index (χ1v) is 14.8. The smallest absolute Gasteiger partial charge is 0.312 e. The van der Waals surface area contributed by atoms with Crippen LogP contribution >= 0.6 is 0 Å². The minimum atomic E-state index is -1.34. The lowest BCUT2D eigenvalue weighted by atomic mass is 9.78. The molecule has 1 spiro atoms. The van der Waals surface area contributed by atoms with E-state index in [1.807, 2.05) is 54.6 Å². The minimum Gasteiger partial charge on any atom is -0.465 e. The first-order chi connectivity index (χ1) is 20.0. The number of aliphatic hydroxyl groups is 1. The van der Waals surface area contributed by atoms with E-state index in [2.05, 4.69) is 4.90 Å². The fourth-order valence-electron chi connectivity index (χ4n) is 7.06. The van der Waals surface area contributed by atoms with Crippen LogP contribution in [0.4, 0.5) is 0 Å². The van der Waals surface area contributed by atoms with Gasteiger partial charge < -0.3 is 29.1 Å². The third-order valence-electron chi connectivity index (χ3n) is 9.08. The number of cyclic esters (lactones) is 1. The topological polar surface area (TPSA) is 109 Å². The number of benzene rings is 1. The molecule has 0 aromatic heterocycles. The molecule has 10 nitrogen and oxygen atoms in total. The van der Waals surface area contributed by atoms with Crippen molar-refractivity contribution in [2.75, 3.05) is 59.2 Å². The number of nitrogens with zero attached hydrogens (tertiary/aromatic N) is 3. The maximum atomic E-state index is 14.5. The number of carbonyl (C=O) groups excluding carboxylic acids is 3. The van der Waals surface area contributed by atoms with Crippen molar-refractivity contribution < 1.29 is 33.7 Å². The number of carbonyl (C=O) groups is 3. The Balaban J connectivity index is 1.37. The minimum absolute atomic E-state index is 0.227. The molecule has 0 aliphatic carbocycles. The molecule has 3 saturated heterocycles. The predicted molar refractivity (Wildman–Crippen MR) is 149 cm³/mol. The monoisotopic (exact) mass is 565 g/mol. The summed E-state index contributed by atoms with van der Waals surface area (Å²) in [6, 6.07) is 7.93. The second kappa shape index (κ2) is 12.1. The zero-order chi connectivity index (χ0) is 28.4. The standard InChI is InChI=1S/C31H39N3O7/c35-21-23(20-22-8-3-1-4-9-22)34-27-29(37)33(14-13-32-15-18-39-19-16-32)12-7-11-31(27)26(28(34)36)25-24(41-31)10-5-2-6-17-40-30(25)38/h1,3-5,7-11,23-27,35H,2,6,12-21H2/b10-5-/t23-,24-,25+,26+,27?,31+/m1/s1. The van der Waals surface area contributed by atoms with E-state index in [0.717, 1.165) is 25.1 Å². The normalized spacial score (nSPS) is 33.6. The van der Waals surface area contributed by atoms with E-state index >= 15 is 0 Å². The zero-order valence-electron chi connectivity index (χ0n) is 23.3. The molecule has 2 amide bonds. The Kier molecular flexibility index (Phi) is 8.26. The van der Waals surface area contributed by atoms with E-state index in [9.17, 15) is 19.5 Å². The van der Waals surface area contributed by atoms with E-state index < -0.39 is 41.6 Å². The van der Waals surface area contributed by atoms with Crippen molar-refractivity contribution in [1.82, 2.24) is 14.7 Å². The summed E-state index contributed by atoms with van der Waals surface area (Å²) >= 11 is 0. The summed E-state index contributed by atoms with van der Waals surface area (Å²) in [5, 5.41) is 10.6. The van der Waals surface area contributed by atoms with E-state index in [-0.39, 0.29) is 25.0 Å². The highest BCUT2D eigenvalue weighted by Gasteiger charge is 2.72. The first kappa shape index (κ1) is 28.1. The van der Waals surface area contributed by atoms with Gasteiger partial charge in [0.05, 0.1) is 44.5 Å². The fraction of sp³-hybridized carbons (Fsp3) is 0.581. The van der Waals surface area contributed by atoms with Crippen LogP contribution in [0.15, 0.2) is 54.6 Å². The van der Waals surface area contributed by atoms with Gasteiger partial charge in [-0.1, -0.05) is 54.6 Å². The van der Waals surface area contributed by atoms with Gasteiger partial charge >= 0.3 is 5.97 Å². The van der Waals surface area contributed by atoms with Crippen LogP contribution in [0.3, 0.4) is 0 Å². The van der Waals surface area contributed by atoms with Gasteiger partial charge in [0.25, 0.3) is 0 Å². The van der Waals surface area contributed by atoms with Gasteiger partial charge in [-0.05, 0) is 24.8 Å². The maximum Gasteiger partial charge on any atom is 0.312 e. The molecule has 1 aromatic rings. The quantitative estimate of drug-likeness (QED) is 0.382. The number of rotatable bonds is 7. The first-order valence-electron chi connectivity index (χ1n) is 14.8. The molecule has 0 saturated carbocycles. The van der Waals surface area contributed by atoms with Gasteiger partial charge in [-0.25, -0.2) is 0 Å². The molecule has 6 rings (SSSR count). The molecule has 1 unspecified atom stereocenters.